The highest BCUT2D eigenvalue weighted by Crippen LogP contribution is 2.12. The summed E-state index contributed by atoms with van der Waals surface area (Å²) < 4.78 is 0. The van der Waals surface area contributed by atoms with Gasteiger partial charge in [0.15, 0.2) is 0 Å². The van der Waals surface area contributed by atoms with Gasteiger partial charge < -0.3 is 5.11 Å². The first-order valence-electron chi connectivity index (χ1n) is 3.81. The largest absolute Gasteiger partial charge is 0.465 e. The van der Waals surface area contributed by atoms with Crippen LogP contribution in [0.3, 0.4) is 0 Å². The molecule has 1 N–H and O–H groups in total. The molecule has 0 unspecified atom stereocenters. The van der Waals surface area contributed by atoms with Gasteiger partial charge in [0, 0.05) is 12.2 Å². The van der Waals surface area contributed by atoms with Gasteiger partial charge in [-0.05, 0) is 19.1 Å². The molecular formula is C9H12ClNO2. The van der Waals surface area contributed by atoms with Crippen LogP contribution in [0.4, 0.5) is 10.5 Å². The molecule has 0 spiro atoms. The van der Waals surface area contributed by atoms with E-state index >= 15 is 0 Å². The number of hydrogen-bond acceptors (Lipinski definition) is 1. The van der Waals surface area contributed by atoms with Crippen LogP contribution >= 0.6 is 12.4 Å². The van der Waals surface area contributed by atoms with Crippen LogP contribution in [-0.2, 0) is 0 Å². The predicted molar refractivity (Wildman–Crippen MR) is 54.7 cm³/mol. The molecule has 0 saturated heterocycles. The molecule has 0 saturated carbocycles. The monoisotopic (exact) mass is 201 g/mol. The van der Waals surface area contributed by atoms with Crippen molar-refractivity contribution in [1.82, 2.24) is 0 Å². The predicted octanol–water partition coefficient (Wildman–Crippen LogP) is 2.61. The van der Waals surface area contributed by atoms with Crippen molar-refractivity contribution in [3.05, 3.63) is 30.3 Å². The van der Waals surface area contributed by atoms with E-state index in [1.165, 1.54) is 4.90 Å². The number of nitrogens with zero attached hydrogens (tertiary/aromatic N) is 1. The van der Waals surface area contributed by atoms with Crippen molar-refractivity contribution < 1.29 is 9.90 Å². The van der Waals surface area contributed by atoms with Gasteiger partial charge in [-0.25, -0.2) is 4.79 Å². The Hall–Kier alpha value is -1.22. The number of benzene rings is 1. The summed E-state index contributed by atoms with van der Waals surface area (Å²) in [6.45, 7) is 2.28. The van der Waals surface area contributed by atoms with Gasteiger partial charge in [0.25, 0.3) is 0 Å². The van der Waals surface area contributed by atoms with Gasteiger partial charge >= 0.3 is 6.09 Å². The summed E-state index contributed by atoms with van der Waals surface area (Å²) >= 11 is 0. The van der Waals surface area contributed by atoms with Crippen LogP contribution in [0.25, 0.3) is 0 Å². The van der Waals surface area contributed by atoms with Crippen molar-refractivity contribution >= 4 is 24.2 Å². The zero-order valence-corrected chi connectivity index (χ0v) is 8.12. The van der Waals surface area contributed by atoms with Crippen molar-refractivity contribution in [2.24, 2.45) is 0 Å². The first-order valence-corrected chi connectivity index (χ1v) is 3.81. The van der Waals surface area contributed by atoms with Crippen LogP contribution in [0.2, 0.25) is 0 Å². The minimum Gasteiger partial charge on any atom is -0.465 e. The van der Waals surface area contributed by atoms with Crippen molar-refractivity contribution in [1.29, 1.82) is 0 Å². The molecule has 0 aliphatic carbocycles. The van der Waals surface area contributed by atoms with Crippen LogP contribution in [0.5, 0.6) is 0 Å². The number of rotatable bonds is 2. The number of hydrogen-bond donors (Lipinski definition) is 1. The van der Waals surface area contributed by atoms with E-state index in [4.69, 9.17) is 5.11 Å². The summed E-state index contributed by atoms with van der Waals surface area (Å²) in [7, 11) is 0. The van der Waals surface area contributed by atoms with Gasteiger partial charge in [0.1, 0.15) is 0 Å². The summed E-state index contributed by atoms with van der Waals surface area (Å²) in [5, 5.41) is 8.75. The van der Waals surface area contributed by atoms with Crippen molar-refractivity contribution in [3.8, 4) is 0 Å². The van der Waals surface area contributed by atoms with Crippen LogP contribution in [-0.4, -0.2) is 17.7 Å². The zero-order chi connectivity index (χ0) is 8.97. The number of carboxylic acid groups (broad SMARTS) is 1. The number of halogens is 1. The van der Waals surface area contributed by atoms with Crippen LogP contribution in [0, 0.1) is 0 Å². The fourth-order valence-electron chi connectivity index (χ4n) is 1.04. The summed E-state index contributed by atoms with van der Waals surface area (Å²) in [4.78, 5) is 11.9. The second-order valence-electron chi connectivity index (χ2n) is 2.36. The van der Waals surface area contributed by atoms with Gasteiger partial charge in [-0.2, -0.15) is 0 Å². The second kappa shape index (κ2) is 5.43. The quantitative estimate of drug-likeness (QED) is 0.799. The standard InChI is InChI=1S/C9H11NO2.ClH/c1-2-10(9(11)12)8-6-4-3-5-7-8;/h3-7H,2H2,1H3,(H,11,12);1H. The molecule has 13 heavy (non-hydrogen) atoms. The molecule has 0 aliphatic rings. The van der Waals surface area contributed by atoms with E-state index in [-0.39, 0.29) is 12.4 Å². The smallest absolute Gasteiger partial charge is 0.411 e. The van der Waals surface area contributed by atoms with Crippen molar-refractivity contribution in [2.75, 3.05) is 11.4 Å². The third-order valence-corrected chi connectivity index (χ3v) is 1.61. The molecule has 0 bridgehead atoms. The Morgan fingerprint density at radius 3 is 2.31 bits per heavy atom. The highest BCUT2D eigenvalue weighted by atomic mass is 35.5. The van der Waals surface area contributed by atoms with Crippen LogP contribution < -0.4 is 4.90 Å². The van der Waals surface area contributed by atoms with Crippen molar-refractivity contribution in [2.45, 2.75) is 6.92 Å². The molecule has 0 fully saturated rings. The maximum absolute atomic E-state index is 10.7. The molecule has 1 amide bonds. The van der Waals surface area contributed by atoms with E-state index in [0.29, 0.717) is 12.2 Å². The van der Waals surface area contributed by atoms with E-state index in [1.54, 1.807) is 19.1 Å². The van der Waals surface area contributed by atoms with E-state index in [9.17, 15) is 4.79 Å². The average Bonchev–Trinajstić information content (AvgIpc) is 2.07. The van der Waals surface area contributed by atoms with E-state index in [2.05, 4.69) is 0 Å². The van der Waals surface area contributed by atoms with E-state index in [0.717, 1.165) is 0 Å². The highest BCUT2D eigenvalue weighted by molar-refractivity contribution is 5.86. The van der Waals surface area contributed by atoms with Gasteiger partial charge in [-0.3, -0.25) is 4.90 Å². The molecule has 3 nitrogen and oxygen atoms in total. The van der Waals surface area contributed by atoms with Gasteiger partial charge in [-0.15, -0.1) is 12.4 Å². The lowest BCUT2D eigenvalue weighted by atomic mass is 10.3. The Labute approximate surface area is 83.4 Å². The van der Waals surface area contributed by atoms with E-state index < -0.39 is 6.09 Å². The summed E-state index contributed by atoms with van der Waals surface area (Å²) in [5.74, 6) is 0. The molecule has 0 aromatic heterocycles. The van der Waals surface area contributed by atoms with E-state index in [1.807, 2.05) is 18.2 Å². The molecule has 1 rings (SSSR count). The molecule has 1 aromatic carbocycles. The van der Waals surface area contributed by atoms with Crippen LogP contribution in [0.1, 0.15) is 6.92 Å². The lowest BCUT2D eigenvalue weighted by Crippen LogP contribution is -2.28. The third kappa shape index (κ3) is 2.95. The number of anilines is 1. The molecule has 72 valence electrons. The fraction of sp³-hybridized carbons (Fsp3) is 0.222. The lowest BCUT2D eigenvalue weighted by Gasteiger charge is -2.16. The Morgan fingerprint density at radius 1 is 1.38 bits per heavy atom. The molecule has 4 heteroatoms. The summed E-state index contributed by atoms with van der Waals surface area (Å²) in [6.07, 6.45) is -0.913. The minimum atomic E-state index is -0.913. The Bertz CT molecular complexity index is 264. The SMILES string of the molecule is CCN(C(=O)O)c1ccccc1.Cl. The fourth-order valence-corrected chi connectivity index (χ4v) is 1.04. The molecule has 1 aromatic rings. The average molecular weight is 202 g/mol. The molecule has 0 heterocycles. The highest BCUT2D eigenvalue weighted by Gasteiger charge is 2.09. The van der Waals surface area contributed by atoms with Gasteiger partial charge in [0.05, 0.1) is 0 Å². The van der Waals surface area contributed by atoms with Gasteiger partial charge in [0.2, 0.25) is 0 Å². The summed E-state index contributed by atoms with van der Waals surface area (Å²) in [5.41, 5.74) is 0.715. The topological polar surface area (TPSA) is 40.5 Å². The first-order chi connectivity index (χ1) is 5.75. The van der Waals surface area contributed by atoms with Gasteiger partial charge in [-0.1, -0.05) is 18.2 Å². The molecular weight excluding hydrogens is 190 g/mol. The Morgan fingerprint density at radius 2 is 1.92 bits per heavy atom. The Balaban J connectivity index is 0.00000144. The number of para-hydroxylation sites is 1. The number of amides is 1. The summed E-state index contributed by atoms with van der Waals surface area (Å²) in [6, 6.07) is 9.05. The maximum atomic E-state index is 10.7. The molecule has 0 aliphatic heterocycles. The third-order valence-electron chi connectivity index (χ3n) is 1.61. The zero-order valence-electron chi connectivity index (χ0n) is 7.30. The Kier molecular flexibility index (Phi) is 4.92. The minimum absolute atomic E-state index is 0. The second-order valence-corrected chi connectivity index (χ2v) is 2.36. The first kappa shape index (κ1) is 11.8. The maximum Gasteiger partial charge on any atom is 0.411 e. The number of carbonyl (C=O) groups is 1. The van der Waals surface area contributed by atoms with Crippen molar-refractivity contribution in [3.63, 3.8) is 0 Å². The lowest BCUT2D eigenvalue weighted by molar-refractivity contribution is 0.202. The molecule has 0 atom stereocenters. The molecule has 0 radical (unpaired) electrons. The normalized spacial score (nSPS) is 8.69. The van der Waals surface area contributed by atoms with Crippen LogP contribution in [0.15, 0.2) is 30.3 Å².